The zero-order valence-corrected chi connectivity index (χ0v) is 16.5. The van der Waals surface area contributed by atoms with Gasteiger partial charge in [-0.1, -0.05) is 50.0 Å². The number of carboxylic acids is 2. The van der Waals surface area contributed by atoms with Crippen molar-refractivity contribution < 1.29 is 29.3 Å². The van der Waals surface area contributed by atoms with Gasteiger partial charge < -0.3 is 14.9 Å². The van der Waals surface area contributed by atoms with Crippen molar-refractivity contribution in [2.24, 2.45) is 5.92 Å². The highest BCUT2D eigenvalue weighted by molar-refractivity contribution is 8.26. The first-order chi connectivity index (χ1) is 12.6. The van der Waals surface area contributed by atoms with Crippen LogP contribution in [0.5, 0.6) is 5.75 Å². The third-order valence-electron chi connectivity index (χ3n) is 3.80. The maximum absolute atomic E-state index is 12.7. The maximum Gasteiger partial charge on any atom is 0.344 e. The molecular formula is C18H19NO6S2. The van der Waals surface area contributed by atoms with Crippen molar-refractivity contribution in [2.75, 3.05) is 0 Å². The zero-order valence-electron chi connectivity index (χ0n) is 14.9. The molecule has 1 saturated heterocycles. The Morgan fingerprint density at radius 3 is 2.44 bits per heavy atom. The molecule has 27 heavy (non-hydrogen) atoms. The second-order valence-electron chi connectivity index (χ2n) is 6.25. The number of amides is 1. The van der Waals surface area contributed by atoms with Crippen molar-refractivity contribution in [3.05, 3.63) is 34.7 Å². The van der Waals surface area contributed by atoms with Gasteiger partial charge in [-0.2, -0.15) is 0 Å². The molecule has 0 bridgehead atoms. The lowest BCUT2D eigenvalue weighted by molar-refractivity contribution is -0.147. The Labute approximate surface area is 166 Å². The smallest absolute Gasteiger partial charge is 0.344 e. The van der Waals surface area contributed by atoms with Crippen LogP contribution in [0.1, 0.15) is 26.3 Å². The largest absolute Gasteiger partial charge is 0.480 e. The molecule has 1 aliphatic rings. The molecule has 0 aromatic heterocycles. The Kier molecular flexibility index (Phi) is 6.61. The van der Waals surface area contributed by atoms with Crippen molar-refractivity contribution in [1.82, 2.24) is 4.90 Å². The van der Waals surface area contributed by atoms with Gasteiger partial charge in [-0.15, -0.1) is 0 Å². The predicted octanol–water partition coefficient (Wildman–Crippen LogP) is 2.85. The van der Waals surface area contributed by atoms with Crippen LogP contribution in [0.3, 0.4) is 0 Å². The average molecular weight is 409 g/mol. The highest BCUT2D eigenvalue weighted by Crippen LogP contribution is 2.35. The van der Waals surface area contributed by atoms with Gasteiger partial charge in [-0.25, -0.2) is 9.59 Å². The Morgan fingerprint density at radius 1 is 1.22 bits per heavy atom. The molecular weight excluding hydrogens is 390 g/mol. The molecule has 0 spiro atoms. The number of hydrogen-bond donors (Lipinski definition) is 2. The molecule has 1 amide bonds. The number of benzene rings is 1. The van der Waals surface area contributed by atoms with Gasteiger partial charge in [0.05, 0.1) is 4.91 Å². The molecule has 2 unspecified atom stereocenters. The highest BCUT2D eigenvalue weighted by Gasteiger charge is 2.41. The molecule has 2 N–H and O–H groups in total. The normalized spacial score (nSPS) is 18.1. The van der Waals surface area contributed by atoms with Gasteiger partial charge >= 0.3 is 11.9 Å². The minimum absolute atomic E-state index is 0.194. The quantitative estimate of drug-likeness (QED) is 0.523. The van der Waals surface area contributed by atoms with E-state index in [1.807, 2.05) is 0 Å². The van der Waals surface area contributed by atoms with Gasteiger partial charge in [0, 0.05) is 0 Å². The zero-order chi connectivity index (χ0) is 20.3. The summed E-state index contributed by atoms with van der Waals surface area (Å²) >= 11 is 6.25. The highest BCUT2D eigenvalue weighted by atomic mass is 32.2. The van der Waals surface area contributed by atoms with Gasteiger partial charge in [-0.05, 0) is 36.6 Å². The van der Waals surface area contributed by atoms with Crippen LogP contribution in [-0.2, 0) is 14.4 Å². The van der Waals surface area contributed by atoms with Crippen LogP contribution in [0.4, 0.5) is 0 Å². The topological polar surface area (TPSA) is 104 Å². The third kappa shape index (κ3) is 4.86. The van der Waals surface area contributed by atoms with Gasteiger partial charge in [0.15, 0.2) is 6.10 Å². The van der Waals surface area contributed by atoms with Crippen LogP contribution in [0.15, 0.2) is 29.2 Å². The lowest BCUT2D eigenvalue weighted by Crippen LogP contribution is -2.47. The van der Waals surface area contributed by atoms with Crippen LogP contribution < -0.4 is 4.74 Å². The van der Waals surface area contributed by atoms with Crippen LogP contribution in [0, 0.1) is 5.92 Å². The molecule has 1 aliphatic heterocycles. The standard InChI is InChI=1S/C18H19NO6S2/c1-9(2)14(17(23)24)19-15(20)13(27-18(19)26)8-11-5-4-6-12(7-11)25-10(3)16(21)22/h4-10,14H,1-3H3,(H,21,22)(H,23,24)/b13-8-. The second-order valence-corrected chi connectivity index (χ2v) is 7.93. The monoisotopic (exact) mass is 409 g/mol. The molecule has 1 aromatic rings. The molecule has 1 heterocycles. The first-order valence-corrected chi connectivity index (χ1v) is 9.33. The van der Waals surface area contributed by atoms with Crippen LogP contribution in [0.25, 0.3) is 6.08 Å². The maximum atomic E-state index is 12.7. The van der Waals surface area contributed by atoms with Crippen LogP contribution in [-0.4, -0.2) is 49.4 Å². The van der Waals surface area contributed by atoms with E-state index in [1.54, 1.807) is 44.2 Å². The summed E-state index contributed by atoms with van der Waals surface area (Å²) in [4.78, 5) is 36.6. The number of carbonyl (C=O) groups is 3. The molecule has 0 radical (unpaired) electrons. The lowest BCUT2D eigenvalue weighted by atomic mass is 10.0. The number of hydrogen-bond acceptors (Lipinski definition) is 6. The summed E-state index contributed by atoms with van der Waals surface area (Å²) in [6.45, 7) is 4.84. The molecule has 0 aliphatic carbocycles. The summed E-state index contributed by atoms with van der Waals surface area (Å²) < 4.78 is 5.51. The minimum Gasteiger partial charge on any atom is -0.480 e. The van der Waals surface area contributed by atoms with Gasteiger partial charge in [0.25, 0.3) is 5.91 Å². The average Bonchev–Trinajstić information content (AvgIpc) is 2.82. The molecule has 1 aromatic carbocycles. The van der Waals surface area contributed by atoms with Crippen molar-refractivity contribution in [2.45, 2.75) is 32.9 Å². The Bertz CT molecular complexity index is 820. The molecule has 0 saturated carbocycles. The fraction of sp³-hybridized carbons (Fsp3) is 0.333. The minimum atomic E-state index is -1.11. The Morgan fingerprint density at radius 2 is 1.89 bits per heavy atom. The number of carbonyl (C=O) groups excluding carboxylic acids is 1. The summed E-state index contributed by atoms with van der Waals surface area (Å²) in [6.07, 6.45) is 0.567. The Balaban J connectivity index is 2.28. The van der Waals surface area contributed by atoms with Crippen molar-refractivity contribution >= 4 is 52.2 Å². The summed E-state index contributed by atoms with van der Waals surface area (Å²) in [5.74, 6) is -2.62. The van der Waals surface area contributed by atoms with Crippen LogP contribution in [0.2, 0.25) is 0 Å². The second kappa shape index (κ2) is 8.53. The van der Waals surface area contributed by atoms with E-state index in [-0.39, 0.29) is 10.2 Å². The number of ether oxygens (including phenoxy) is 1. The summed E-state index contributed by atoms with van der Waals surface area (Å²) in [6, 6.07) is 5.58. The molecule has 2 atom stereocenters. The van der Waals surface area contributed by atoms with Gasteiger partial charge in [0.2, 0.25) is 0 Å². The number of aliphatic carboxylic acids is 2. The van der Waals surface area contributed by atoms with E-state index in [9.17, 15) is 19.5 Å². The van der Waals surface area contributed by atoms with E-state index < -0.39 is 30.0 Å². The summed E-state index contributed by atoms with van der Waals surface area (Å²) in [7, 11) is 0. The lowest BCUT2D eigenvalue weighted by Gasteiger charge is -2.26. The first-order valence-electron chi connectivity index (χ1n) is 8.11. The fourth-order valence-corrected chi connectivity index (χ4v) is 3.83. The van der Waals surface area contributed by atoms with Gasteiger partial charge in [0.1, 0.15) is 16.1 Å². The number of carboxylic acid groups (broad SMARTS) is 2. The van der Waals surface area contributed by atoms with E-state index >= 15 is 0 Å². The van der Waals surface area contributed by atoms with E-state index in [1.165, 1.54) is 6.92 Å². The number of thioether (sulfide) groups is 1. The number of rotatable bonds is 7. The van der Waals surface area contributed by atoms with Crippen molar-refractivity contribution in [1.29, 1.82) is 0 Å². The summed E-state index contributed by atoms with van der Waals surface area (Å²) in [5.41, 5.74) is 0.613. The molecule has 144 valence electrons. The molecule has 2 rings (SSSR count). The van der Waals surface area contributed by atoms with E-state index in [0.717, 1.165) is 16.7 Å². The predicted molar refractivity (Wildman–Crippen MR) is 105 cm³/mol. The SMILES string of the molecule is CC(Oc1cccc(/C=C2\SC(=S)N(C(C(=O)O)C(C)C)C2=O)c1)C(=O)O. The molecule has 1 fully saturated rings. The van der Waals surface area contributed by atoms with Crippen molar-refractivity contribution in [3.8, 4) is 5.75 Å². The van der Waals surface area contributed by atoms with E-state index in [2.05, 4.69) is 0 Å². The van der Waals surface area contributed by atoms with E-state index in [0.29, 0.717) is 16.2 Å². The third-order valence-corrected chi connectivity index (χ3v) is 5.13. The van der Waals surface area contributed by atoms with E-state index in [4.69, 9.17) is 22.1 Å². The molecule has 9 heteroatoms. The van der Waals surface area contributed by atoms with Crippen LogP contribution >= 0.6 is 24.0 Å². The van der Waals surface area contributed by atoms with Gasteiger partial charge in [-0.3, -0.25) is 9.69 Å². The van der Waals surface area contributed by atoms with Crippen molar-refractivity contribution in [3.63, 3.8) is 0 Å². The summed E-state index contributed by atoms with van der Waals surface area (Å²) in [5, 5.41) is 18.4. The Hall–Kier alpha value is -2.39. The number of nitrogens with zero attached hydrogens (tertiary/aromatic N) is 1. The number of thiocarbonyl (C=S) groups is 1. The fourth-order valence-electron chi connectivity index (χ4n) is 2.50. The molecule has 7 nitrogen and oxygen atoms in total. The first kappa shape index (κ1) is 20.9.